The van der Waals surface area contributed by atoms with Crippen molar-refractivity contribution in [3.8, 4) is 0 Å². The third-order valence-corrected chi connectivity index (χ3v) is 2.65. The van der Waals surface area contributed by atoms with Crippen molar-refractivity contribution in [2.75, 3.05) is 25.1 Å². The van der Waals surface area contributed by atoms with Gasteiger partial charge in [-0.25, -0.2) is 9.97 Å². The van der Waals surface area contributed by atoms with Gasteiger partial charge >= 0.3 is 0 Å². The molecule has 1 aromatic heterocycles. The summed E-state index contributed by atoms with van der Waals surface area (Å²) in [4.78, 5) is 8.01. The summed E-state index contributed by atoms with van der Waals surface area (Å²) in [7, 11) is 3.44. The van der Waals surface area contributed by atoms with E-state index in [1.807, 2.05) is 0 Å². The molecule has 0 aliphatic rings. The summed E-state index contributed by atoms with van der Waals surface area (Å²) in [6.45, 7) is 0. The van der Waals surface area contributed by atoms with Crippen molar-refractivity contribution in [3.05, 3.63) is 6.33 Å². The third kappa shape index (κ3) is 3.17. The minimum absolute atomic E-state index is 0.489. The number of nitrogens with one attached hydrogen (secondary N) is 2. The molecule has 1 aromatic rings. The second-order valence-electron chi connectivity index (χ2n) is 2.41. The van der Waals surface area contributed by atoms with Crippen LogP contribution >= 0.6 is 24.4 Å². The highest BCUT2D eigenvalue weighted by atomic mass is 32.2. The lowest BCUT2D eigenvalue weighted by molar-refractivity contribution is 0.910. The molecule has 0 aliphatic carbocycles. The van der Waals surface area contributed by atoms with Crippen LogP contribution in [0.5, 0.6) is 0 Å². The molecule has 0 bridgehead atoms. The van der Waals surface area contributed by atoms with Crippen molar-refractivity contribution >= 4 is 40.3 Å². The zero-order valence-corrected chi connectivity index (χ0v) is 10.1. The van der Waals surface area contributed by atoms with E-state index in [1.165, 1.54) is 18.1 Å². The van der Waals surface area contributed by atoms with Crippen molar-refractivity contribution in [3.63, 3.8) is 0 Å². The van der Waals surface area contributed by atoms with E-state index >= 15 is 0 Å². The minimum Gasteiger partial charge on any atom is -0.394 e. The molecule has 6 nitrogen and oxygen atoms in total. The molecule has 0 saturated heterocycles. The number of aromatic nitrogens is 2. The van der Waals surface area contributed by atoms with Gasteiger partial charge in [-0.3, -0.25) is 0 Å². The van der Waals surface area contributed by atoms with E-state index in [0.29, 0.717) is 20.9 Å². The molecule has 8 heteroatoms. The van der Waals surface area contributed by atoms with Crippen LogP contribution in [-0.4, -0.2) is 28.4 Å². The Morgan fingerprint density at radius 3 is 2.87 bits per heavy atom. The quantitative estimate of drug-likeness (QED) is 0.156. The van der Waals surface area contributed by atoms with Crippen LogP contribution in [-0.2, 0) is 0 Å². The van der Waals surface area contributed by atoms with Gasteiger partial charge in [0.05, 0.1) is 0 Å². The molecule has 1 rings (SSSR count). The van der Waals surface area contributed by atoms with Gasteiger partial charge in [-0.1, -0.05) is 0 Å². The topological polar surface area (TPSA) is 88.2 Å². The molecule has 0 unspecified atom stereocenters. The average molecular weight is 244 g/mol. The molecular formula is C7H12N6S2. The highest BCUT2D eigenvalue weighted by molar-refractivity contribution is 8.32. The molecule has 15 heavy (non-hydrogen) atoms. The number of hydrazone groups is 1. The lowest BCUT2D eigenvalue weighted by atomic mass is 10.5. The molecule has 0 amide bonds. The first-order valence-corrected chi connectivity index (χ1v) is 5.35. The van der Waals surface area contributed by atoms with Crippen LogP contribution < -0.4 is 16.5 Å². The van der Waals surface area contributed by atoms with Crippen LogP contribution in [0.1, 0.15) is 0 Å². The lowest BCUT2D eigenvalue weighted by Crippen LogP contribution is -2.03. The van der Waals surface area contributed by atoms with Crippen LogP contribution in [0.3, 0.4) is 0 Å². The SMILES string of the molecule is CN/N=C(\S)Sc1ncnc(NC)c1N. The van der Waals surface area contributed by atoms with Gasteiger partial charge in [-0.2, -0.15) is 5.10 Å². The first-order chi connectivity index (χ1) is 7.19. The minimum atomic E-state index is 0.489. The number of nitrogen functional groups attached to an aromatic ring is 1. The summed E-state index contributed by atoms with van der Waals surface area (Å²) in [6, 6.07) is 0. The van der Waals surface area contributed by atoms with Crippen LogP contribution in [0.2, 0.25) is 0 Å². The van der Waals surface area contributed by atoms with Gasteiger partial charge in [0.15, 0.2) is 10.2 Å². The van der Waals surface area contributed by atoms with Crippen molar-refractivity contribution in [1.82, 2.24) is 15.4 Å². The number of thioether (sulfide) groups is 1. The lowest BCUT2D eigenvalue weighted by Gasteiger charge is -2.06. The Labute approximate surface area is 97.5 Å². The number of thiol groups is 1. The van der Waals surface area contributed by atoms with Crippen molar-refractivity contribution < 1.29 is 0 Å². The summed E-state index contributed by atoms with van der Waals surface area (Å²) in [6.07, 6.45) is 1.44. The summed E-state index contributed by atoms with van der Waals surface area (Å²) in [5.41, 5.74) is 8.94. The third-order valence-electron chi connectivity index (χ3n) is 1.48. The Balaban J connectivity index is 2.90. The maximum atomic E-state index is 5.82. The van der Waals surface area contributed by atoms with Crippen molar-refractivity contribution in [2.45, 2.75) is 5.03 Å². The Morgan fingerprint density at radius 1 is 1.53 bits per heavy atom. The molecule has 82 valence electrons. The second-order valence-corrected chi connectivity index (χ2v) is 4.11. The van der Waals surface area contributed by atoms with E-state index in [-0.39, 0.29) is 0 Å². The van der Waals surface area contributed by atoms with Gasteiger partial charge < -0.3 is 16.5 Å². The Morgan fingerprint density at radius 2 is 2.27 bits per heavy atom. The van der Waals surface area contributed by atoms with E-state index in [4.69, 9.17) is 5.73 Å². The predicted octanol–water partition coefficient (Wildman–Crippen LogP) is 0.613. The highest BCUT2D eigenvalue weighted by Gasteiger charge is 2.08. The maximum Gasteiger partial charge on any atom is 0.153 e. The van der Waals surface area contributed by atoms with Crippen LogP contribution in [0, 0.1) is 0 Å². The van der Waals surface area contributed by atoms with Crippen LogP contribution in [0.25, 0.3) is 0 Å². The standard InChI is InChI=1S/C7H12N6S2/c1-9-5-4(8)6(12-3-11-5)15-7(14)13-10-2/h3,10H,8H2,1-2H3,(H,13,14)(H,9,11,12). The van der Waals surface area contributed by atoms with Gasteiger partial charge in [0.1, 0.15) is 17.0 Å². The Kier molecular flexibility index (Phi) is 4.50. The largest absolute Gasteiger partial charge is 0.394 e. The molecule has 0 saturated carbocycles. The van der Waals surface area contributed by atoms with Gasteiger partial charge in [-0.05, 0) is 11.8 Å². The van der Waals surface area contributed by atoms with Gasteiger partial charge in [0, 0.05) is 14.1 Å². The number of anilines is 2. The summed E-state index contributed by atoms with van der Waals surface area (Å²) in [5, 5.41) is 7.37. The number of rotatable bonds is 3. The van der Waals surface area contributed by atoms with E-state index in [1.54, 1.807) is 14.1 Å². The number of nitrogens with two attached hydrogens (primary N) is 1. The molecule has 0 radical (unpaired) electrons. The number of hydrogen-bond acceptors (Lipinski definition) is 7. The van der Waals surface area contributed by atoms with E-state index in [0.717, 1.165) is 0 Å². The van der Waals surface area contributed by atoms with Crippen LogP contribution in [0.15, 0.2) is 16.5 Å². The van der Waals surface area contributed by atoms with E-state index in [9.17, 15) is 0 Å². The molecule has 0 aliphatic heterocycles. The molecule has 4 N–H and O–H groups in total. The fraction of sp³-hybridized carbons (Fsp3) is 0.286. The normalized spacial score (nSPS) is 11.3. The van der Waals surface area contributed by atoms with Gasteiger partial charge in [-0.15, -0.1) is 12.6 Å². The fourth-order valence-electron chi connectivity index (χ4n) is 0.865. The number of nitrogens with zero attached hydrogens (tertiary/aromatic N) is 3. The molecule has 1 heterocycles. The zero-order valence-electron chi connectivity index (χ0n) is 8.35. The summed E-state index contributed by atoms with van der Waals surface area (Å²) < 4.78 is 0.532. The second kappa shape index (κ2) is 5.66. The molecule has 0 atom stereocenters. The molecule has 0 aromatic carbocycles. The summed E-state index contributed by atoms with van der Waals surface area (Å²) in [5.74, 6) is 0.595. The smallest absolute Gasteiger partial charge is 0.153 e. The monoisotopic (exact) mass is 244 g/mol. The highest BCUT2D eigenvalue weighted by Crippen LogP contribution is 2.28. The first kappa shape index (κ1) is 11.9. The van der Waals surface area contributed by atoms with Crippen molar-refractivity contribution in [2.24, 2.45) is 5.10 Å². The van der Waals surface area contributed by atoms with Gasteiger partial charge in [0.2, 0.25) is 0 Å². The van der Waals surface area contributed by atoms with E-state index in [2.05, 4.69) is 38.4 Å². The van der Waals surface area contributed by atoms with Crippen molar-refractivity contribution in [1.29, 1.82) is 0 Å². The zero-order chi connectivity index (χ0) is 11.3. The Hall–Kier alpha value is -1.15. The Bertz CT molecular complexity index is 366. The average Bonchev–Trinajstić information content (AvgIpc) is 2.21. The molecule has 0 spiro atoms. The predicted molar refractivity (Wildman–Crippen MR) is 67.3 cm³/mol. The molecule has 0 fully saturated rings. The summed E-state index contributed by atoms with van der Waals surface area (Å²) >= 11 is 5.41. The number of hydrogen-bond donors (Lipinski definition) is 4. The maximum absolute atomic E-state index is 5.82. The first-order valence-electron chi connectivity index (χ1n) is 4.08. The van der Waals surface area contributed by atoms with Crippen LogP contribution in [0.4, 0.5) is 11.5 Å². The fourth-order valence-corrected chi connectivity index (χ4v) is 1.84. The van der Waals surface area contributed by atoms with E-state index < -0.39 is 0 Å². The van der Waals surface area contributed by atoms with Gasteiger partial charge in [0.25, 0.3) is 0 Å². The molecular weight excluding hydrogens is 232 g/mol.